The van der Waals surface area contributed by atoms with Gasteiger partial charge in [-0.2, -0.15) is 0 Å². The molecular weight excluding hydrogens is 270 g/mol. The van der Waals surface area contributed by atoms with Gasteiger partial charge in [-0.05, 0) is 13.8 Å². The standard InChI is InChI=1S/C16H19NO4/c1-4-20-15(19)14-10-16(17-12(3)18,21-11(14)2)13-8-6-5-7-9-13/h5-9H,4,10H2,1-3H3,(H,17,18). The van der Waals surface area contributed by atoms with Crippen molar-refractivity contribution in [3.8, 4) is 0 Å². The fourth-order valence-electron chi connectivity index (χ4n) is 2.46. The quantitative estimate of drug-likeness (QED) is 0.863. The van der Waals surface area contributed by atoms with Crippen molar-refractivity contribution in [3.63, 3.8) is 0 Å². The van der Waals surface area contributed by atoms with E-state index in [1.807, 2.05) is 30.3 Å². The summed E-state index contributed by atoms with van der Waals surface area (Å²) < 4.78 is 10.9. The summed E-state index contributed by atoms with van der Waals surface area (Å²) in [5.74, 6) is -0.152. The van der Waals surface area contributed by atoms with Gasteiger partial charge in [0, 0.05) is 18.9 Å². The predicted octanol–water partition coefficient (Wildman–Crippen LogP) is 2.23. The molecule has 0 radical (unpaired) electrons. The lowest BCUT2D eigenvalue weighted by Crippen LogP contribution is -2.45. The number of amides is 1. The van der Waals surface area contributed by atoms with Gasteiger partial charge in [0.25, 0.3) is 0 Å². The molecule has 0 spiro atoms. The lowest BCUT2D eigenvalue weighted by molar-refractivity contribution is -0.139. The van der Waals surface area contributed by atoms with Gasteiger partial charge < -0.3 is 14.8 Å². The molecule has 0 saturated carbocycles. The van der Waals surface area contributed by atoms with Crippen molar-refractivity contribution in [2.45, 2.75) is 32.9 Å². The molecule has 0 fully saturated rings. The highest BCUT2D eigenvalue weighted by molar-refractivity contribution is 5.90. The van der Waals surface area contributed by atoms with Crippen molar-refractivity contribution in [2.24, 2.45) is 0 Å². The van der Waals surface area contributed by atoms with Crippen LogP contribution in [0.15, 0.2) is 41.7 Å². The number of benzene rings is 1. The van der Waals surface area contributed by atoms with Crippen LogP contribution >= 0.6 is 0 Å². The largest absolute Gasteiger partial charge is 0.468 e. The number of carbonyl (C=O) groups excluding carboxylic acids is 2. The molecule has 0 saturated heterocycles. The summed E-state index contributed by atoms with van der Waals surface area (Å²) in [5.41, 5.74) is 0.201. The Kier molecular flexibility index (Phi) is 4.31. The molecule has 1 aliphatic heterocycles. The highest BCUT2D eigenvalue weighted by Crippen LogP contribution is 2.40. The Hall–Kier alpha value is -2.30. The Morgan fingerprint density at radius 3 is 2.57 bits per heavy atom. The lowest BCUT2D eigenvalue weighted by atomic mass is 9.96. The fraction of sp³-hybridized carbons (Fsp3) is 0.375. The zero-order chi connectivity index (χ0) is 15.5. The Bertz CT molecular complexity index is 579. The van der Waals surface area contributed by atoms with Crippen LogP contribution in [0.4, 0.5) is 0 Å². The van der Waals surface area contributed by atoms with Crippen LogP contribution in [0.5, 0.6) is 0 Å². The van der Waals surface area contributed by atoms with Crippen LogP contribution in [0, 0.1) is 0 Å². The minimum atomic E-state index is -1.04. The first-order valence-corrected chi connectivity index (χ1v) is 6.88. The average molecular weight is 289 g/mol. The molecule has 1 unspecified atom stereocenters. The van der Waals surface area contributed by atoms with E-state index in [9.17, 15) is 9.59 Å². The summed E-state index contributed by atoms with van der Waals surface area (Å²) in [4.78, 5) is 23.5. The minimum absolute atomic E-state index is 0.225. The number of carbonyl (C=O) groups is 2. The third-order valence-electron chi connectivity index (χ3n) is 3.32. The maximum absolute atomic E-state index is 12.0. The van der Waals surface area contributed by atoms with Crippen LogP contribution in [0.2, 0.25) is 0 Å². The molecule has 0 aliphatic carbocycles. The van der Waals surface area contributed by atoms with Gasteiger partial charge in [-0.1, -0.05) is 30.3 Å². The first-order chi connectivity index (χ1) is 9.98. The van der Waals surface area contributed by atoms with Gasteiger partial charge in [-0.3, -0.25) is 4.79 Å². The number of rotatable bonds is 4. The Morgan fingerprint density at radius 1 is 1.33 bits per heavy atom. The van der Waals surface area contributed by atoms with Gasteiger partial charge >= 0.3 is 5.97 Å². The molecule has 1 N–H and O–H groups in total. The van der Waals surface area contributed by atoms with Crippen LogP contribution in [0.3, 0.4) is 0 Å². The molecule has 1 aromatic rings. The molecule has 0 aromatic heterocycles. The summed E-state index contributed by atoms with van der Waals surface area (Å²) in [6, 6.07) is 9.32. The van der Waals surface area contributed by atoms with Gasteiger partial charge in [-0.25, -0.2) is 4.79 Å². The van der Waals surface area contributed by atoms with Crippen LogP contribution < -0.4 is 5.32 Å². The van der Waals surface area contributed by atoms with Crippen molar-refractivity contribution in [2.75, 3.05) is 6.61 Å². The smallest absolute Gasteiger partial charge is 0.337 e. The van der Waals surface area contributed by atoms with E-state index in [4.69, 9.17) is 9.47 Å². The van der Waals surface area contributed by atoms with Gasteiger partial charge in [0.2, 0.25) is 11.6 Å². The van der Waals surface area contributed by atoms with Crippen LogP contribution in [0.1, 0.15) is 32.8 Å². The molecule has 1 aliphatic rings. The molecule has 1 amide bonds. The second kappa shape index (κ2) is 5.99. The highest BCUT2D eigenvalue weighted by atomic mass is 16.5. The van der Waals surface area contributed by atoms with E-state index in [1.165, 1.54) is 6.92 Å². The zero-order valence-corrected chi connectivity index (χ0v) is 12.4. The first kappa shape index (κ1) is 15.1. The zero-order valence-electron chi connectivity index (χ0n) is 12.4. The van der Waals surface area contributed by atoms with E-state index < -0.39 is 11.7 Å². The van der Waals surface area contributed by atoms with E-state index >= 15 is 0 Å². The van der Waals surface area contributed by atoms with E-state index in [-0.39, 0.29) is 12.3 Å². The van der Waals surface area contributed by atoms with Gasteiger partial charge in [0.05, 0.1) is 12.2 Å². The van der Waals surface area contributed by atoms with Crippen LogP contribution in [-0.2, 0) is 24.8 Å². The van der Waals surface area contributed by atoms with E-state index in [2.05, 4.69) is 5.32 Å². The average Bonchev–Trinajstić information content (AvgIpc) is 2.77. The Balaban J connectivity index is 2.34. The monoisotopic (exact) mass is 289 g/mol. The van der Waals surface area contributed by atoms with Crippen molar-refractivity contribution < 1.29 is 19.1 Å². The third-order valence-corrected chi connectivity index (χ3v) is 3.32. The van der Waals surface area contributed by atoms with Crippen molar-refractivity contribution in [3.05, 3.63) is 47.2 Å². The van der Waals surface area contributed by atoms with E-state index in [0.717, 1.165) is 5.56 Å². The Morgan fingerprint density at radius 2 is 2.00 bits per heavy atom. The maximum Gasteiger partial charge on any atom is 0.337 e. The maximum atomic E-state index is 12.0. The molecule has 5 heteroatoms. The topological polar surface area (TPSA) is 64.6 Å². The van der Waals surface area contributed by atoms with Crippen molar-refractivity contribution >= 4 is 11.9 Å². The van der Waals surface area contributed by atoms with Gasteiger partial charge in [0.1, 0.15) is 5.76 Å². The summed E-state index contributed by atoms with van der Waals surface area (Å²) in [5, 5.41) is 2.82. The minimum Gasteiger partial charge on any atom is -0.468 e. The van der Waals surface area contributed by atoms with Crippen LogP contribution in [0.25, 0.3) is 0 Å². The third kappa shape index (κ3) is 3.07. The number of ether oxygens (including phenoxy) is 2. The molecule has 112 valence electrons. The summed E-state index contributed by atoms with van der Waals surface area (Å²) >= 11 is 0. The molecular formula is C16H19NO4. The molecule has 5 nitrogen and oxygen atoms in total. The molecule has 21 heavy (non-hydrogen) atoms. The normalized spacial score (nSPS) is 20.9. The SMILES string of the molecule is CCOC(=O)C1=C(C)OC(NC(C)=O)(c2ccccc2)C1. The predicted molar refractivity (Wildman–Crippen MR) is 77.0 cm³/mol. The van der Waals surface area contributed by atoms with Gasteiger partial charge in [0.15, 0.2) is 0 Å². The van der Waals surface area contributed by atoms with Crippen LogP contribution in [-0.4, -0.2) is 18.5 Å². The highest BCUT2D eigenvalue weighted by Gasteiger charge is 2.44. The summed E-state index contributed by atoms with van der Waals surface area (Å²) in [7, 11) is 0. The van der Waals surface area contributed by atoms with Crippen molar-refractivity contribution in [1.82, 2.24) is 5.32 Å². The molecule has 0 bridgehead atoms. The second-order valence-electron chi connectivity index (χ2n) is 4.91. The summed E-state index contributed by atoms with van der Waals surface area (Å²) in [6.07, 6.45) is 0.251. The number of allylic oxidation sites excluding steroid dienone is 1. The van der Waals surface area contributed by atoms with Gasteiger partial charge in [-0.15, -0.1) is 0 Å². The number of esters is 1. The Labute approximate surface area is 123 Å². The number of nitrogens with one attached hydrogen (secondary N) is 1. The van der Waals surface area contributed by atoms with E-state index in [0.29, 0.717) is 17.9 Å². The second-order valence-corrected chi connectivity index (χ2v) is 4.91. The molecule has 2 rings (SSSR count). The molecule has 1 heterocycles. The molecule has 1 atom stereocenters. The van der Waals surface area contributed by atoms with E-state index in [1.54, 1.807) is 13.8 Å². The van der Waals surface area contributed by atoms with Crippen molar-refractivity contribution in [1.29, 1.82) is 0 Å². The molecule has 1 aromatic carbocycles. The lowest BCUT2D eigenvalue weighted by Gasteiger charge is -2.30. The number of hydrogen-bond acceptors (Lipinski definition) is 4. The summed E-state index contributed by atoms with van der Waals surface area (Å²) in [6.45, 7) is 5.18. The first-order valence-electron chi connectivity index (χ1n) is 6.88. The fourth-order valence-corrected chi connectivity index (χ4v) is 2.46. The number of hydrogen-bond donors (Lipinski definition) is 1.